The molecule has 0 saturated carbocycles. The number of carboxylic acids is 1. The van der Waals surface area contributed by atoms with Crippen LogP contribution in [-0.4, -0.2) is 27.2 Å². The second-order valence-corrected chi connectivity index (χ2v) is 2.95. The van der Waals surface area contributed by atoms with Crippen LogP contribution in [0.4, 0.5) is 0 Å². The molecule has 5 heteroatoms. The molecule has 0 aromatic carbocycles. The number of carbonyl (C=O) groups is 1. The van der Waals surface area contributed by atoms with E-state index >= 15 is 0 Å². The second kappa shape index (κ2) is 3.57. The molecule has 1 heterocycles. The minimum absolute atomic E-state index is 0.0752. The first-order chi connectivity index (χ1) is 6.06. The third-order valence-electron chi connectivity index (χ3n) is 2.02. The number of imidazole rings is 1. The largest absolute Gasteiger partial charge is 0.481 e. The smallest absolute Gasteiger partial charge is 0.313 e. The maximum absolute atomic E-state index is 10.7. The predicted octanol–water partition coefficient (Wildman–Crippen LogP) is -0.145. The van der Waals surface area contributed by atoms with Crippen LogP contribution in [0.3, 0.4) is 0 Å². The van der Waals surface area contributed by atoms with E-state index in [2.05, 4.69) is 4.98 Å². The van der Waals surface area contributed by atoms with E-state index in [-0.39, 0.29) is 6.54 Å². The van der Waals surface area contributed by atoms with E-state index < -0.39 is 11.9 Å². The van der Waals surface area contributed by atoms with Crippen molar-refractivity contribution in [3.05, 3.63) is 17.7 Å². The quantitative estimate of drug-likeness (QED) is 0.683. The van der Waals surface area contributed by atoms with Crippen LogP contribution in [-0.2, 0) is 11.8 Å². The minimum atomic E-state index is -0.930. The van der Waals surface area contributed by atoms with E-state index in [0.29, 0.717) is 5.69 Å². The zero-order valence-electron chi connectivity index (χ0n) is 7.69. The van der Waals surface area contributed by atoms with Gasteiger partial charge in [-0.25, -0.2) is 4.98 Å². The molecular formula is C8H13N3O2. The molecule has 0 aliphatic heterocycles. The molecule has 0 saturated heterocycles. The lowest BCUT2D eigenvalue weighted by molar-refractivity contribution is -0.138. The van der Waals surface area contributed by atoms with Crippen LogP contribution in [0.15, 0.2) is 6.20 Å². The molecular weight excluding hydrogens is 170 g/mol. The van der Waals surface area contributed by atoms with Crippen LogP contribution in [0.1, 0.15) is 17.4 Å². The fourth-order valence-electron chi connectivity index (χ4n) is 1.10. The second-order valence-electron chi connectivity index (χ2n) is 2.95. The SMILES string of the molecule is Cc1nc(C(CN)C(=O)O)cn1C. The highest BCUT2D eigenvalue weighted by atomic mass is 16.4. The summed E-state index contributed by atoms with van der Waals surface area (Å²) < 4.78 is 1.78. The van der Waals surface area contributed by atoms with Gasteiger partial charge in [0.25, 0.3) is 0 Å². The summed E-state index contributed by atoms with van der Waals surface area (Å²) in [5, 5.41) is 8.80. The Hall–Kier alpha value is -1.36. The van der Waals surface area contributed by atoms with Crippen LogP contribution in [0.5, 0.6) is 0 Å². The van der Waals surface area contributed by atoms with Gasteiger partial charge in [0, 0.05) is 19.8 Å². The standard InChI is InChI=1S/C8H13N3O2/c1-5-10-7(4-11(5)2)6(3-9)8(12)13/h4,6H,3,9H2,1-2H3,(H,12,13). The van der Waals surface area contributed by atoms with Gasteiger partial charge in [0.05, 0.1) is 5.69 Å². The predicted molar refractivity (Wildman–Crippen MR) is 47.4 cm³/mol. The van der Waals surface area contributed by atoms with Crippen LogP contribution < -0.4 is 5.73 Å². The van der Waals surface area contributed by atoms with E-state index in [4.69, 9.17) is 10.8 Å². The molecule has 5 nitrogen and oxygen atoms in total. The number of nitrogens with two attached hydrogens (primary N) is 1. The molecule has 0 aliphatic rings. The Morgan fingerprint density at radius 1 is 1.85 bits per heavy atom. The Kier molecular flexibility index (Phi) is 2.67. The van der Waals surface area contributed by atoms with Gasteiger partial charge in [-0.15, -0.1) is 0 Å². The fourth-order valence-corrected chi connectivity index (χ4v) is 1.10. The van der Waals surface area contributed by atoms with Crippen LogP contribution in [0, 0.1) is 6.92 Å². The lowest BCUT2D eigenvalue weighted by Gasteiger charge is -2.04. The fraction of sp³-hybridized carbons (Fsp3) is 0.500. The maximum atomic E-state index is 10.7. The molecule has 1 aromatic rings. The van der Waals surface area contributed by atoms with Gasteiger partial charge in [-0.1, -0.05) is 0 Å². The van der Waals surface area contributed by atoms with Crippen molar-refractivity contribution in [1.29, 1.82) is 0 Å². The number of aryl methyl sites for hydroxylation is 2. The lowest BCUT2D eigenvalue weighted by atomic mass is 10.1. The molecule has 3 N–H and O–H groups in total. The highest BCUT2D eigenvalue weighted by Crippen LogP contribution is 2.13. The molecule has 0 fully saturated rings. The summed E-state index contributed by atoms with van der Waals surface area (Å²) in [4.78, 5) is 14.8. The van der Waals surface area contributed by atoms with Crippen molar-refractivity contribution < 1.29 is 9.90 Å². The Balaban J connectivity index is 2.98. The zero-order chi connectivity index (χ0) is 10.0. The summed E-state index contributed by atoms with van der Waals surface area (Å²) >= 11 is 0. The Bertz CT molecular complexity index is 300. The average molecular weight is 183 g/mol. The molecule has 1 unspecified atom stereocenters. The summed E-state index contributed by atoms with van der Waals surface area (Å²) in [6, 6.07) is 0. The summed E-state index contributed by atoms with van der Waals surface area (Å²) in [6.45, 7) is 1.89. The van der Waals surface area contributed by atoms with Gasteiger partial charge in [0.15, 0.2) is 0 Å². The van der Waals surface area contributed by atoms with Crippen molar-refractivity contribution in [2.45, 2.75) is 12.8 Å². The van der Waals surface area contributed by atoms with E-state index in [0.717, 1.165) is 5.82 Å². The zero-order valence-corrected chi connectivity index (χ0v) is 7.69. The van der Waals surface area contributed by atoms with Gasteiger partial charge >= 0.3 is 5.97 Å². The number of nitrogens with zero attached hydrogens (tertiary/aromatic N) is 2. The first-order valence-electron chi connectivity index (χ1n) is 3.99. The first kappa shape index (κ1) is 9.73. The first-order valence-corrected chi connectivity index (χ1v) is 3.99. The molecule has 0 aliphatic carbocycles. The molecule has 0 radical (unpaired) electrons. The Morgan fingerprint density at radius 3 is 2.77 bits per heavy atom. The number of aromatic nitrogens is 2. The summed E-state index contributed by atoms with van der Waals surface area (Å²) in [7, 11) is 1.82. The van der Waals surface area contributed by atoms with Gasteiger partial charge in [0.1, 0.15) is 11.7 Å². The molecule has 13 heavy (non-hydrogen) atoms. The van der Waals surface area contributed by atoms with Crippen LogP contribution in [0.2, 0.25) is 0 Å². The van der Waals surface area contributed by atoms with Crippen molar-refractivity contribution in [1.82, 2.24) is 9.55 Å². The molecule has 1 aromatic heterocycles. The van der Waals surface area contributed by atoms with Crippen molar-refractivity contribution in [3.8, 4) is 0 Å². The normalized spacial score (nSPS) is 12.8. The Morgan fingerprint density at radius 2 is 2.46 bits per heavy atom. The van der Waals surface area contributed by atoms with Crippen molar-refractivity contribution in [3.63, 3.8) is 0 Å². The van der Waals surface area contributed by atoms with Crippen molar-refractivity contribution >= 4 is 5.97 Å². The number of hydrogen-bond acceptors (Lipinski definition) is 3. The third-order valence-corrected chi connectivity index (χ3v) is 2.02. The molecule has 72 valence electrons. The average Bonchev–Trinajstić information content (AvgIpc) is 2.32. The topological polar surface area (TPSA) is 81.1 Å². The van der Waals surface area contributed by atoms with E-state index in [9.17, 15) is 4.79 Å². The lowest BCUT2D eigenvalue weighted by Crippen LogP contribution is -2.21. The highest BCUT2D eigenvalue weighted by Gasteiger charge is 2.20. The molecule has 0 amide bonds. The number of rotatable bonds is 3. The maximum Gasteiger partial charge on any atom is 0.313 e. The molecule has 1 atom stereocenters. The van der Waals surface area contributed by atoms with Gasteiger partial charge in [-0.05, 0) is 6.92 Å². The molecule has 0 spiro atoms. The van der Waals surface area contributed by atoms with Crippen molar-refractivity contribution in [2.24, 2.45) is 12.8 Å². The third kappa shape index (κ3) is 1.86. The van der Waals surface area contributed by atoms with E-state index in [1.54, 1.807) is 10.8 Å². The molecule has 1 rings (SSSR count). The summed E-state index contributed by atoms with van der Waals surface area (Å²) in [5.41, 5.74) is 5.86. The van der Waals surface area contributed by atoms with E-state index in [1.165, 1.54) is 0 Å². The molecule has 0 bridgehead atoms. The van der Waals surface area contributed by atoms with Crippen LogP contribution >= 0.6 is 0 Å². The van der Waals surface area contributed by atoms with Gasteiger partial charge in [-0.3, -0.25) is 4.79 Å². The summed E-state index contributed by atoms with van der Waals surface area (Å²) in [6.07, 6.45) is 1.70. The van der Waals surface area contributed by atoms with Gasteiger partial charge in [-0.2, -0.15) is 0 Å². The van der Waals surface area contributed by atoms with Crippen LogP contribution in [0.25, 0.3) is 0 Å². The van der Waals surface area contributed by atoms with Gasteiger partial charge < -0.3 is 15.4 Å². The van der Waals surface area contributed by atoms with Crippen molar-refractivity contribution in [2.75, 3.05) is 6.54 Å². The minimum Gasteiger partial charge on any atom is -0.481 e. The van der Waals surface area contributed by atoms with E-state index in [1.807, 2.05) is 14.0 Å². The number of carboxylic acid groups (broad SMARTS) is 1. The Labute approximate surface area is 76.2 Å². The number of hydrogen-bond donors (Lipinski definition) is 2. The monoisotopic (exact) mass is 183 g/mol. The number of aliphatic carboxylic acids is 1. The highest BCUT2D eigenvalue weighted by molar-refractivity contribution is 5.75. The summed E-state index contributed by atoms with van der Waals surface area (Å²) in [5.74, 6) is -0.838. The van der Waals surface area contributed by atoms with Gasteiger partial charge in [0.2, 0.25) is 0 Å².